The van der Waals surface area contributed by atoms with Crippen LogP contribution in [0.25, 0.3) is 0 Å². The van der Waals surface area contributed by atoms with E-state index < -0.39 is 16.3 Å². The minimum absolute atomic E-state index is 0.00501. The highest BCUT2D eigenvalue weighted by atomic mass is 32.2. The molecule has 0 radical (unpaired) electrons. The van der Waals surface area contributed by atoms with Gasteiger partial charge in [-0.2, -0.15) is 0 Å². The van der Waals surface area contributed by atoms with Crippen molar-refractivity contribution in [3.63, 3.8) is 0 Å². The van der Waals surface area contributed by atoms with Gasteiger partial charge in [-0.1, -0.05) is 66.7 Å². The molecule has 38 heavy (non-hydrogen) atoms. The summed E-state index contributed by atoms with van der Waals surface area (Å²) in [4.78, 5) is 2.61. The summed E-state index contributed by atoms with van der Waals surface area (Å²) < 4.78 is 46.1. The van der Waals surface area contributed by atoms with Crippen molar-refractivity contribution < 1.29 is 27.7 Å². The Hall–Kier alpha value is -2.63. The number of benzene rings is 3. The zero-order valence-corrected chi connectivity index (χ0v) is 22.1. The van der Waals surface area contributed by atoms with E-state index in [4.69, 9.17) is 14.2 Å². The van der Waals surface area contributed by atoms with E-state index in [-0.39, 0.29) is 30.3 Å². The lowest BCUT2D eigenvalue weighted by Gasteiger charge is -2.39. The molecular formula is C29H34N2O6S. The molecule has 2 N–H and O–H groups in total. The lowest BCUT2D eigenvalue weighted by molar-refractivity contribution is -0.253. The lowest BCUT2D eigenvalue weighted by Crippen LogP contribution is -2.44. The minimum atomic E-state index is -3.58. The van der Waals surface area contributed by atoms with Gasteiger partial charge in [0.15, 0.2) is 6.29 Å². The van der Waals surface area contributed by atoms with E-state index in [9.17, 15) is 13.5 Å². The van der Waals surface area contributed by atoms with Crippen LogP contribution < -0.4 is 4.72 Å². The summed E-state index contributed by atoms with van der Waals surface area (Å²) in [5.74, 6) is 0. The molecule has 0 amide bonds. The van der Waals surface area contributed by atoms with E-state index in [1.54, 1.807) is 30.3 Å². The van der Waals surface area contributed by atoms with Gasteiger partial charge in [0.05, 0.1) is 36.9 Å². The molecule has 2 aliphatic heterocycles. The molecular weight excluding hydrogens is 504 g/mol. The maximum atomic E-state index is 12.6. The summed E-state index contributed by atoms with van der Waals surface area (Å²) in [6.45, 7) is 4.22. The summed E-state index contributed by atoms with van der Waals surface area (Å²) in [5.41, 5.74) is 3.63. The van der Waals surface area contributed by atoms with Gasteiger partial charge in [0.2, 0.25) is 10.0 Å². The Balaban J connectivity index is 1.28. The van der Waals surface area contributed by atoms with E-state index in [0.717, 1.165) is 61.5 Å². The predicted octanol–water partition coefficient (Wildman–Crippen LogP) is 3.54. The van der Waals surface area contributed by atoms with Crippen molar-refractivity contribution in [1.29, 1.82) is 0 Å². The number of aliphatic hydroxyl groups excluding tert-OH is 1. The fraction of sp³-hybridized carbons (Fsp3) is 0.379. The van der Waals surface area contributed by atoms with Gasteiger partial charge in [0.1, 0.15) is 0 Å². The van der Waals surface area contributed by atoms with Crippen molar-refractivity contribution in [3.05, 3.63) is 101 Å². The van der Waals surface area contributed by atoms with Gasteiger partial charge in [0, 0.05) is 38.2 Å². The highest BCUT2D eigenvalue weighted by Gasteiger charge is 2.33. The monoisotopic (exact) mass is 538 g/mol. The quantitative estimate of drug-likeness (QED) is 0.430. The molecule has 0 unspecified atom stereocenters. The number of aliphatic hydroxyl groups is 1. The van der Waals surface area contributed by atoms with Crippen LogP contribution in [0.2, 0.25) is 0 Å². The summed E-state index contributed by atoms with van der Waals surface area (Å²) in [7, 11) is -3.58. The smallest absolute Gasteiger partial charge is 0.240 e. The maximum absolute atomic E-state index is 12.6. The van der Waals surface area contributed by atoms with Crippen molar-refractivity contribution in [2.45, 2.75) is 43.0 Å². The van der Waals surface area contributed by atoms with Crippen LogP contribution in [-0.2, 0) is 37.4 Å². The summed E-state index contributed by atoms with van der Waals surface area (Å²) in [5, 5.41) is 9.41. The standard InChI is InChI=1S/C29H34N2O6S/c32-21-23-8-10-24(11-9-23)28-18-26(20-31-14-16-35-17-15-31)36-29(37-28)25-12-6-22(7-13-25)19-30-38(33,34)27-4-2-1-3-5-27/h1-13,26,28-30,32H,14-21H2/t26-,28+,29+/m1/s1. The van der Waals surface area contributed by atoms with Gasteiger partial charge in [-0.3, -0.25) is 4.90 Å². The molecule has 202 valence electrons. The molecule has 2 heterocycles. The minimum Gasteiger partial charge on any atom is -0.392 e. The maximum Gasteiger partial charge on any atom is 0.240 e. The number of hydrogen-bond acceptors (Lipinski definition) is 7. The van der Waals surface area contributed by atoms with Crippen molar-refractivity contribution in [1.82, 2.24) is 9.62 Å². The molecule has 3 atom stereocenters. The van der Waals surface area contributed by atoms with Crippen LogP contribution in [0.1, 0.15) is 41.1 Å². The molecule has 2 aliphatic rings. The van der Waals surface area contributed by atoms with Crippen molar-refractivity contribution in [3.8, 4) is 0 Å². The first-order valence-electron chi connectivity index (χ1n) is 12.9. The van der Waals surface area contributed by atoms with E-state index in [2.05, 4.69) is 9.62 Å². The van der Waals surface area contributed by atoms with E-state index in [1.807, 2.05) is 48.5 Å². The lowest BCUT2D eigenvalue weighted by atomic mass is 9.99. The molecule has 0 saturated carbocycles. The number of rotatable bonds is 9. The number of ether oxygens (including phenoxy) is 3. The van der Waals surface area contributed by atoms with Crippen molar-refractivity contribution in [2.75, 3.05) is 32.8 Å². The van der Waals surface area contributed by atoms with Crippen molar-refractivity contribution in [2.24, 2.45) is 0 Å². The van der Waals surface area contributed by atoms with Crippen LogP contribution in [0.3, 0.4) is 0 Å². The largest absolute Gasteiger partial charge is 0.392 e. The van der Waals surface area contributed by atoms with Crippen LogP contribution in [0, 0.1) is 0 Å². The van der Waals surface area contributed by atoms with Crippen molar-refractivity contribution >= 4 is 10.0 Å². The normalized spacial score (nSPS) is 22.8. The topological polar surface area (TPSA) is 97.3 Å². The Morgan fingerprint density at radius 1 is 0.842 bits per heavy atom. The first-order chi connectivity index (χ1) is 18.5. The molecule has 5 rings (SSSR count). The molecule has 2 fully saturated rings. The Kier molecular flexibility index (Phi) is 8.86. The van der Waals surface area contributed by atoms with Gasteiger partial charge in [-0.15, -0.1) is 0 Å². The Bertz CT molecular complexity index is 1260. The molecule has 3 aromatic carbocycles. The summed E-state index contributed by atoms with van der Waals surface area (Å²) in [6, 6.07) is 23.8. The zero-order chi connectivity index (χ0) is 26.4. The molecule has 8 nitrogen and oxygen atoms in total. The predicted molar refractivity (Wildman–Crippen MR) is 143 cm³/mol. The third-order valence-corrected chi connectivity index (χ3v) is 8.37. The van der Waals surface area contributed by atoms with Gasteiger partial charge in [-0.25, -0.2) is 13.1 Å². The number of hydrogen-bond donors (Lipinski definition) is 2. The number of nitrogens with one attached hydrogen (secondary N) is 1. The third kappa shape index (κ3) is 6.86. The SMILES string of the molecule is O=S(=O)(NCc1ccc([C@H]2O[C@@H](CN3CCOCC3)C[C@@H](c3ccc(CO)cc3)O2)cc1)c1ccccc1. The van der Waals surface area contributed by atoms with E-state index >= 15 is 0 Å². The summed E-state index contributed by atoms with van der Waals surface area (Å²) >= 11 is 0. The Labute approximate surface area is 224 Å². The third-order valence-electron chi connectivity index (χ3n) is 6.95. The Morgan fingerprint density at radius 2 is 1.50 bits per heavy atom. The molecule has 0 spiro atoms. The Morgan fingerprint density at radius 3 is 2.18 bits per heavy atom. The van der Waals surface area contributed by atoms with Crippen LogP contribution in [0.15, 0.2) is 83.8 Å². The van der Waals surface area contributed by atoms with Crippen LogP contribution in [0.4, 0.5) is 0 Å². The second-order valence-electron chi connectivity index (χ2n) is 9.64. The first-order valence-corrected chi connectivity index (χ1v) is 14.4. The van der Waals surface area contributed by atoms with Gasteiger partial charge in [0.25, 0.3) is 0 Å². The van der Waals surface area contributed by atoms with E-state index in [1.165, 1.54) is 0 Å². The van der Waals surface area contributed by atoms with Crippen LogP contribution in [-0.4, -0.2) is 57.4 Å². The number of morpholine rings is 1. The first kappa shape index (κ1) is 27.0. The zero-order valence-electron chi connectivity index (χ0n) is 21.2. The second kappa shape index (κ2) is 12.5. The highest BCUT2D eigenvalue weighted by molar-refractivity contribution is 7.89. The number of nitrogens with zero attached hydrogens (tertiary/aromatic N) is 1. The average Bonchev–Trinajstić information content (AvgIpc) is 2.97. The van der Waals surface area contributed by atoms with Gasteiger partial charge in [-0.05, 0) is 28.8 Å². The fourth-order valence-electron chi connectivity index (χ4n) is 4.76. The fourth-order valence-corrected chi connectivity index (χ4v) is 5.80. The van der Waals surface area contributed by atoms with Gasteiger partial charge >= 0.3 is 0 Å². The molecule has 9 heteroatoms. The molecule has 3 aromatic rings. The second-order valence-corrected chi connectivity index (χ2v) is 11.4. The molecule has 2 saturated heterocycles. The molecule has 0 aromatic heterocycles. The molecule has 0 bridgehead atoms. The van der Waals surface area contributed by atoms with E-state index in [0.29, 0.717) is 0 Å². The summed E-state index contributed by atoms with van der Waals surface area (Å²) in [6.07, 6.45) is 0.00933. The highest BCUT2D eigenvalue weighted by Crippen LogP contribution is 2.38. The van der Waals surface area contributed by atoms with Crippen LogP contribution in [0.5, 0.6) is 0 Å². The van der Waals surface area contributed by atoms with Crippen LogP contribution >= 0.6 is 0 Å². The number of sulfonamides is 1. The average molecular weight is 539 g/mol. The van der Waals surface area contributed by atoms with Gasteiger partial charge < -0.3 is 19.3 Å². The molecule has 0 aliphatic carbocycles.